The number of hydrogen-bond acceptors (Lipinski definition) is 7. The first-order valence-electron chi connectivity index (χ1n) is 13.0. The van der Waals surface area contributed by atoms with Crippen LogP contribution < -0.4 is 24.2 Å². The number of carbonyl (C=O) groups excluding carboxylic acids is 2. The van der Waals surface area contributed by atoms with Gasteiger partial charge in [-0.2, -0.15) is 0 Å². The summed E-state index contributed by atoms with van der Waals surface area (Å²) in [6, 6.07) is 21.5. The van der Waals surface area contributed by atoms with Crippen molar-refractivity contribution in [3.8, 4) is 17.2 Å². The normalized spacial score (nSPS) is 20.6. The van der Waals surface area contributed by atoms with Crippen molar-refractivity contribution in [2.45, 2.75) is 38.8 Å². The highest BCUT2D eigenvalue weighted by Crippen LogP contribution is 2.49. The Morgan fingerprint density at radius 1 is 0.842 bits per heavy atom. The van der Waals surface area contributed by atoms with E-state index in [-0.39, 0.29) is 5.91 Å². The number of fused-ring (bicyclic) bond motifs is 1. The average molecular weight is 517 g/mol. The lowest BCUT2D eigenvalue weighted by molar-refractivity contribution is -0.126. The van der Waals surface area contributed by atoms with Gasteiger partial charge in [0.05, 0.1) is 37.7 Å². The van der Waals surface area contributed by atoms with Crippen LogP contribution in [0.3, 0.4) is 0 Å². The molecule has 38 heavy (non-hydrogen) atoms. The number of carbonyl (C=O) groups is 2. The first-order valence-corrected chi connectivity index (χ1v) is 13.0. The second kappa shape index (κ2) is 11.1. The van der Waals surface area contributed by atoms with E-state index in [4.69, 9.17) is 19.0 Å². The largest absolute Gasteiger partial charge is 0.497 e. The maximum absolute atomic E-state index is 13.9. The monoisotopic (exact) mass is 516 g/mol. The molecule has 0 saturated carbocycles. The minimum atomic E-state index is -0.963. The van der Waals surface area contributed by atoms with Gasteiger partial charge in [0, 0.05) is 6.07 Å². The molecule has 3 aromatic carbocycles. The summed E-state index contributed by atoms with van der Waals surface area (Å²) >= 11 is 0. The molecule has 0 aromatic heterocycles. The van der Waals surface area contributed by atoms with E-state index in [1.165, 1.54) is 4.90 Å². The Morgan fingerprint density at radius 3 is 2.37 bits per heavy atom. The molecule has 2 amide bonds. The van der Waals surface area contributed by atoms with Crippen molar-refractivity contribution in [1.29, 1.82) is 0 Å². The first kappa shape index (κ1) is 25.6. The SMILES string of the molecule is CCCCOc1ccc([C@H]2[C@H]3C(=O)N(c4cccc(OC)c4)C(=O)[C@H]3ON2c2ccccc2)cc1OCC. The van der Waals surface area contributed by atoms with Crippen LogP contribution in [0.2, 0.25) is 0 Å². The third kappa shape index (κ3) is 4.67. The fourth-order valence-corrected chi connectivity index (χ4v) is 4.98. The quantitative estimate of drug-likeness (QED) is 0.266. The minimum absolute atomic E-state index is 0.321. The van der Waals surface area contributed by atoms with Crippen molar-refractivity contribution in [2.75, 3.05) is 30.3 Å². The number of hydrogen-bond donors (Lipinski definition) is 0. The summed E-state index contributed by atoms with van der Waals surface area (Å²) in [4.78, 5) is 35.0. The van der Waals surface area contributed by atoms with Gasteiger partial charge in [-0.25, -0.2) is 9.96 Å². The lowest BCUT2D eigenvalue weighted by atomic mass is 9.90. The number of amides is 2. The van der Waals surface area contributed by atoms with Crippen LogP contribution >= 0.6 is 0 Å². The zero-order chi connectivity index (χ0) is 26.6. The molecular formula is C30H32N2O6. The van der Waals surface area contributed by atoms with Crippen LogP contribution in [0, 0.1) is 5.92 Å². The van der Waals surface area contributed by atoms with Crippen molar-refractivity contribution in [3.05, 3.63) is 78.4 Å². The molecule has 2 saturated heterocycles. The number of hydroxylamine groups is 1. The zero-order valence-electron chi connectivity index (χ0n) is 21.8. The van der Waals surface area contributed by atoms with Gasteiger partial charge in [-0.3, -0.25) is 14.4 Å². The maximum atomic E-state index is 13.9. The number of rotatable bonds is 10. The second-order valence-corrected chi connectivity index (χ2v) is 9.21. The lowest BCUT2D eigenvalue weighted by Gasteiger charge is -2.29. The molecule has 0 radical (unpaired) electrons. The first-order chi connectivity index (χ1) is 18.6. The van der Waals surface area contributed by atoms with Crippen LogP contribution in [-0.2, 0) is 14.4 Å². The Bertz CT molecular complexity index is 1300. The molecule has 198 valence electrons. The molecule has 2 aliphatic rings. The molecule has 2 heterocycles. The van der Waals surface area contributed by atoms with Gasteiger partial charge in [0.15, 0.2) is 17.6 Å². The van der Waals surface area contributed by atoms with Crippen LogP contribution in [-0.4, -0.2) is 38.2 Å². The Hall–Kier alpha value is -4.04. The Labute approximate surface area is 222 Å². The van der Waals surface area contributed by atoms with Gasteiger partial charge in [-0.15, -0.1) is 0 Å². The molecule has 5 rings (SSSR count). The van der Waals surface area contributed by atoms with Gasteiger partial charge in [0.1, 0.15) is 11.7 Å². The van der Waals surface area contributed by atoms with Crippen molar-refractivity contribution in [3.63, 3.8) is 0 Å². The number of anilines is 2. The maximum Gasteiger partial charge on any atom is 0.266 e. The minimum Gasteiger partial charge on any atom is -0.497 e. The molecule has 0 bridgehead atoms. The standard InChI is InChI=1S/C30H32N2O6/c1-4-6-17-37-24-16-15-20(18-25(24)36-5-2)27-26-28(38-32(27)21-11-8-7-9-12-21)30(34)31(29(26)33)22-13-10-14-23(19-22)35-3/h7-16,18-19,26-28H,4-6,17H2,1-3H3/t26-,27+,28+/m1/s1. The number of ether oxygens (including phenoxy) is 3. The summed E-state index contributed by atoms with van der Waals surface area (Å²) < 4.78 is 17.2. The highest BCUT2D eigenvalue weighted by molar-refractivity contribution is 6.24. The van der Waals surface area contributed by atoms with Gasteiger partial charge in [-0.1, -0.05) is 43.7 Å². The predicted molar refractivity (Wildman–Crippen MR) is 144 cm³/mol. The molecule has 8 nitrogen and oxygen atoms in total. The van der Waals surface area contributed by atoms with Gasteiger partial charge >= 0.3 is 0 Å². The number of unbranched alkanes of at least 4 members (excludes halogenated alkanes) is 1. The van der Waals surface area contributed by atoms with Crippen molar-refractivity contribution in [1.82, 2.24) is 0 Å². The van der Waals surface area contributed by atoms with E-state index in [9.17, 15) is 9.59 Å². The Morgan fingerprint density at radius 2 is 1.63 bits per heavy atom. The zero-order valence-corrected chi connectivity index (χ0v) is 21.8. The highest BCUT2D eigenvalue weighted by Gasteiger charge is 2.60. The molecule has 0 unspecified atom stereocenters. The summed E-state index contributed by atoms with van der Waals surface area (Å²) in [5.41, 5.74) is 2.00. The van der Waals surface area contributed by atoms with Crippen LogP contribution in [0.4, 0.5) is 11.4 Å². The summed E-state index contributed by atoms with van der Waals surface area (Å²) in [5, 5.41) is 1.68. The Kier molecular flexibility index (Phi) is 7.51. The molecule has 2 aliphatic heterocycles. The third-order valence-corrected chi connectivity index (χ3v) is 6.80. The van der Waals surface area contributed by atoms with E-state index in [0.717, 1.165) is 24.1 Å². The molecule has 3 aromatic rings. The summed E-state index contributed by atoms with van der Waals surface area (Å²) in [6.07, 6.45) is 0.998. The van der Waals surface area contributed by atoms with Crippen LogP contribution in [0.1, 0.15) is 38.3 Å². The fraction of sp³-hybridized carbons (Fsp3) is 0.333. The number of methoxy groups -OCH3 is 1. The van der Waals surface area contributed by atoms with E-state index in [0.29, 0.717) is 36.1 Å². The number of benzene rings is 3. The molecule has 2 fully saturated rings. The van der Waals surface area contributed by atoms with Gasteiger partial charge in [-0.05, 0) is 55.3 Å². The van der Waals surface area contributed by atoms with E-state index in [1.54, 1.807) is 36.4 Å². The van der Waals surface area contributed by atoms with Crippen LogP contribution in [0.15, 0.2) is 72.8 Å². The molecule has 0 spiro atoms. The van der Waals surface area contributed by atoms with E-state index in [1.807, 2.05) is 55.5 Å². The molecule has 0 aliphatic carbocycles. The highest BCUT2D eigenvalue weighted by atomic mass is 16.7. The smallest absolute Gasteiger partial charge is 0.266 e. The van der Waals surface area contributed by atoms with Gasteiger partial charge in [0.25, 0.3) is 5.91 Å². The number of imide groups is 1. The van der Waals surface area contributed by atoms with Crippen LogP contribution in [0.5, 0.6) is 17.2 Å². The molecule has 3 atom stereocenters. The molecule has 8 heteroatoms. The third-order valence-electron chi connectivity index (χ3n) is 6.80. The summed E-state index contributed by atoms with van der Waals surface area (Å²) in [7, 11) is 1.55. The van der Waals surface area contributed by atoms with Crippen molar-refractivity contribution in [2.24, 2.45) is 5.92 Å². The fourth-order valence-electron chi connectivity index (χ4n) is 4.98. The number of nitrogens with zero attached hydrogens (tertiary/aromatic N) is 2. The second-order valence-electron chi connectivity index (χ2n) is 9.21. The summed E-state index contributed by atoms with van der Waals surface area (Å²) in [6.45, 7) is 5.08. The summed E-state index contributed by atoms with van der Waals surface area (Å²) in [5.74, 6) is 0.328. The van der Waals surface area contributed by atoms with Crippen molar-refractivity contribution < 1.29 is 28.6 Å². The van der Waals surface area contributed by atoms with Gasteiger partial charge < -0.3 is 14.2 Å². The van der Waals surface area contributed by atoms with E-state index in [2.05, 4.69) is 6.92 Å². The average Bonchev–Trinajstić information content (AvgIpc) is 3.46. The number of para-hydroxylation sites is 1. The van der Waals surface area contributed by atoms with E-state index < -0.39 is 24.0 Å². The molecular weight excluding hydrogens is 484 g/mol. The van der Waals surface area contributed by atoms with Gasteiger partial charge in [0.2, 0.25) is 5.91 Å². The van der Waals surface area contributed by atoms with E-state index >= 15 is 0 Å². The van der Waals surface area contributed by atoms with Crippen molar-refractivity contribution >= 4 is 23.2 Å². The predicted octanol–water partition coefficient (Wildman–Crippen LogP) is 5.32. The van der Waals surface area contributed by atoms with Crippen LogP contribution in [0.25, 0.3) is 0 Å². The Balaban J connectivity index is 1.55. The topological polar surface area (TPSA) is 77.5 Å². The molecule has 0 N–H and O–H groups in total. The lowest BCUT2D eigenvalue weighted by Crippen LogP contribution is -2.37.